The molecule has 1 aromatic carbocycles. The van der Waals surface area contributed by atoms with Gasteiger partial charge in [0.1, 0.15) is 0 Å². The van der Waals surface area contributed by atoms with Gasteiger partial charge >= 0.3 is 5.97 Å². The van der Waals surface area contributed by atoms with Crippen molar-refractivity contribution in [2.45, 2.75) is 27.2 Å². The van der Waals surface area contributed by atoms with E-state index in [2.05, 4.69) is 5.32 Å². The summed E-state index contributed by atoms with van der Waals surface area (Å²) in [7, 11) is 0. The minimum atomic E-state index is -0.942. The Labute approximate surface area is 107 Å². The van der Waals surface area contributed by atoms with Gasteiger partial charge in [0.15, 0.2) is 0 Å². The van der Waals surface area contributed by atoms with Crippen LogP contribution in [0.1, 0.15) is 25.0 Å². The lowest BCUT2D eigenvalue weighted by Gasteiger charge is -2.19. The molecule has 0 saturated heterocycles. The summed E-state index contributed by atoms with van der Waals surface area (Å²) in [6.07, 6.45) is 0.274. The molecule has 0 bridgehead atoms. The van der Waals surface area contributed by atoms with Crippen LogP contribution >= 0.6 is 0 Å². The van der Waals surface area contributed by atoms with Crippen LogP contribution < -0.4 is 5.32 Å². The first-order valence-corrected chi connectivity index (χ1v) is 5.87. The number of carboxylic acid groups (broad SMARTS) is 1. The van der Waals surface area contributed by atoms with E-state index in [0.29, 0.717) is 0 Å². The van der Waals surface area contributed by atoms with Crippen molar-refractivity contribution in [2.24, 2.45) is 5.41 Å². The molecule has 98 valence electrons. The first-order chi connectivity index (χ1) is 8.31. The quantitative estimate of drug-likeness (QED) is 0.835. The highest BCUT2D eigenvalue weighted by Crippen LogP contribution is 2.13. The van der Waals surface area contributed by atoms with Gasteiger partial charge in [-0.25, -0.2) is 0 Å². The maximum atomic E-state index is 11.7. The molecular formula is C14H19NO3. The number of amides is 1. The molecule has 0 heterocycles. The molecule has 0 atom stereocenters. The minimum Gasteiger partial charge on any atom is -0.481 e. The molecule has 1 rings (SSSR count). The zero-order valence-electron chi connectivity index (χ0n) is 11.0. The highest BCUT2D eigenvalue weighted by Gasteiger charge is 2.27. The third kappa shape index (κ3) is 4.20. The van der Waals surface area contributed by atoms with E-state index in [1.54, 1.807) is 13.8 Å². The molecule has 0 fully saturated rings. The molecule has 0 aromatic heterocycles. The van der Waals surface area contributed by atoms with Crippen LogP contribution in [0.2, 0.25) is 0 Å². The number of nitrogens with one attached hydrogen (secondary N) is 1. The standard InChI is InChI=1S/C14H19NO3/c1-10-4-6-11(7-5-10)8-12(16)15-9-14(2,3)13(17)18/h4-7H,8-9H2,1-3H3,(H,15,16)(H,17,18). The van der Waals surface area contributed by atoms with Crippen molar-refractivity contribution in [1.29, 1.82) is 0 Å². The van der Waals surface area contributed by atoms with E-state index >= 15 is 0 Å². The SMILES string of the molecule is Cc1ccc(CC(=O)NCC(C)(C)C(=O)O)cc1. The number of rotatable bonds is 5. The van der Waals surface area contributed by atoms with E-state index < -0.39 is 11.4 Å². The Morgan fingerprint density at radius 2 is 1.78 bits per heavy atom. The van der Waals surface area contributed by atoms with Crippen molar-refractivity contribution in [1.82, 2.24) is 5.32 Å². The largest absolute Gasteiger partial charge is 0.481 e. The van der Waals surface area contributed by atoms with Gasteiger partial charge in [-0.1, -0.05) is 29.8 Å². The van der Waals surface area contributed by atoms with E-state index in [-0.39, 0.29) is 18.9 Å². The van der Waals surface area contributed by atoms with E-state index in [1.807, 2.05) is 31.2 Å². The number of carboxylic acids is 1. The van der Waals surface area contributed by atoms with Crippen LogP contribution in [0, 0.1) is 12.3 Å². The lowest BCUT2D eigenvalue weighted by atomic mass is 9.94. The van der Waals surface area contributed by atoms with Gasteiger partial charge in [-0.2, -0.15) is 0 Å². The summed E-state index contributed by atoms with van der Waals surface area (Å²) in [6, 6.07) is 7.70. The highest BCUT2D eigenvalue weighted by molar-refractivity contribution is 5.80. The van der Waals surface area contributed by atoms with Crippen molar-refractivity contribution in [3.05, 3.63) is 35.4 Å². The first kappa shape index (κ1) is 14.2. The molecule has 4 nitrogen and oxygen atoms in total. The van der Waals surface area contributed by atoms with Crippen molar-refractivity contribution in [2.75, 3.05) is 6.54 Å². The zero-order chi connectivity index (χ0) is 13.8. The topological polar surface area (TPSA) is 66.4 Å². The molecule has 1 aromatic rings. The number of carbonyl (C=O) groups is 2. The maximum Gasteiger partial charge on any atom is 0.310 e. The third-order valence-corrected chi connectivity index (χ3v) is 2.79. The molecule has 0 radical (unpaired) electrons. The van der Waals surface area contributed by atoms with E-state index in [9.17, 15) is 9.59 Å². The summed E-state index contributed by atoms with van der Waals surface area (Å²) >= 11 is 0. The maximum absolute atomic E-state index is 11.7. The van der Waals surface area contributed by atoms with Crippen LogP contribution in [0.25, 0.3) is 0 Å². The lowest BCUT2D eigenvalue weighted by molar-refractivity contribution is -0.146. The fourth-order valence-electron chi connectivity index (χ4n) is 1.35. The van der Waals surface area contributed by atoms with Crippen molar-refractivity contribution in [3.63, 3.8) is 0 Å². The van der Waals surface area contributed by atoms with E-state index in [1.165, 1.54) is 0 Å². The summed E-state index contributed by atoms with van der Waals surface area (Å²) in [5.41, 5.74) is 1.13. The number of hydrogen-bond acceptors (Lipinski definition) is 2. The van der Waals surface area contributed by atoms with Crippen LogP contribution in [0.3, 0.4) is 0 Å². The normalized spacial score (nSPS) is 11.1. The Hall–Kier alpha value is -1.84. The molecular weight excluding hydrogens is 230 g/mol. The molecule has 0 aliphatic rings. The van der Waals surface area contributed by atoms with Gasteiger partial charge in [-0.15, -0.1) is 0 Å². The molecule has 0 unspecified atom stereocenters. The lowest BCUT2D eigenvalue weighted by Crippen LogP contribution is -2.39. The monoisotopic (exact) mass is 249 g/mol. The molecule has 0 spiro atoms. The summed E-state index contributed by atoms with van der Waals surface area (Å²) in [5, 5.41) is 11.6. The fourth-order valence-corrected chi connectivity index (χ4v) is 1.35. The van der Waals surface area contributed by atoms with E-state index in [4.69, 9.17) is 5.11 Å². The highest BCUT2D eigenvalue weighted by atomic mass is 16.4. The Morgan fingerprint density at radius 1 is 1.22 bits per heavy atom. The summed E-state index contributed by atoms with van der Waals surface area (Å²) < 4.78 is 0. The summed E-state index contributed by atoms with van der Waals surface area (Å²) in [6.45, 7) is 5.29. The molecule has 2 N–H and O–H groups in total. The number of carbonyl (C=O) groups excluding carboxylic acids is 1. The Bertz CT molecular complexity index is 435. The van der Waals surface area contributed by atoms with Crippen LogP contribution in [0.15, 0.2) is 24.3 Å². The van der Waals surface area contributed by atoms with Gasteiger partial charge in [0.25, 0.3) is 0 Å². The molecule has 4 heteroatoms. The van der Waals surface area contributed by atoms with Gasteiger partial charge in [-0.05, 0) is 26.3 Å². The second kappa shape index (κ2) is 5.67. The molecule has 0 aliphatic carbocycles. The number of aryl methyl sites for hydroxylation is 1. The fraction of sp³-hybridized carbons (Fsp3) is 0.429. The Kier molecular flexibility index (Phi) is 4.48. The average Bonchev–Trinajstić information content (AvgIpc) is 2.29. The smallest absolute Gasteiger partial charge is 0.310 e. The predicted octanol–water partition coefficient (Wildman–Crippen LogP) is 1.76. The average molecular weight is 249 g/mol. The van der Waals surface area contributed by atoms with Crippen LogP contribution in [0.4, 0.5) is 0 Å². The van der Waals surface area contributed by atoms with Crippen molar-refractivity contribution < 1.29 is 14.7 Å². The second-order valence-corrected chi connectivity index (χ2v) is 5.13. The molecule has 18 heavy (non-hydrogen) atoms. The number of benzene rings is 1. The third-order valence-electron chi connectivity index (χ3n) is 2.79. The number of hydrogen-bond donors (Lipinski definition) is 2. The van der Waals surface area contributed by atoms with Gasteiger partial charge in [-0.3, -0.25) is 9.59 Å². The summed E-state index contributed by atoms with van der Waals surface area (Å²) in [5.74, 6) is -1.08. The van der Waals surface area contributed by atoms with Gasteiger partial charge in [0.05, 0.1) is 11.8 Å². The Balaban J connectivity index is 2.48. The Morgan fingerprint density at radius 3 is 2.28 bits per heavy atom. The molecule has 0 saturated carbocycles. The van der Waals surface area contributed by atoms with Crippen molar-refractivity contribution >= 4 is 11.9 Å². The first-order valence-electron chi connectivity index (χ1n) is 5.87. The van der Waals surface area contributed by atoms with Crippen molar-refractivity contribution in [3.8, 4) is 0 Å². The number of aliphatic carboxylic acids is 1. The van der Waals surface area contributed by atoms with E-state index in [0.717, 1.165) is 11.1 Å². The van der Waals surface area contributed by atoms with Crippen LogP contribution in [0.5, 0.6) is 0 Å². The molecule has 1 amide bonds. The van der Waals surface area contributed by atoms with Gasteiger partial charge in [0, 0.05) is 6.54 Å². The predicted molar refractivity (Wildman–Crippen MR) is 69.3 cm³/mol. The second-order valence-electron chi connectivity index (χ2n) is 5.13. The van der Waals surface area contributed by atoms with Gasteiger partial charge in [0.2, 0.25) is 5.91 Å². The van der Waals surface area contributed by atoms with Crippen LogP contribution in [-0.2, 0) is 16.0 Å². The van der Waals surface area contributed by atoms with Crippen LogP contribution in [-0.4, -0.2) is 23.5 Å². The minimum absolute atomic E-state index is 0.132. The van der Waals surface area contributed by atoms with Gasteiger partial charge < -0.3 is 10.4 Å². The molecule has 0 aliphatic heterocycles. The summed E-state index contributed by atoms with van der Waals surface area (Å²) in [4.78, 5) is 22.5. The zero-order valence-corrected chi connectivity index (χ0v) is 11.0.